The highest BCUT2D eigenvalue weighted by Crippen LogP contribution is 2.05. The van der Waals surface area contributed by atoms with Crippen molar-refractivity contribution < 1.29 is 4.74 Å². The number of nitrogens with zero attached hydrogens (tertiary/aromatic N) is 1. The molecule has 0 spiro atoms. The van der Waals surface area contributed by atoms with Crippen LogP contribution in [0.15, 0.2) is 11.8 Å². The lowest BCUT2D eigenvalue weighted by atomic mass is 10.2. The maximum atomic E-state index is 10.2. The van der Waals surface area contributed by atoms with Crippen molar-refractivity contribution in [3.05, 3.63) is 17.0 Å². The molecule has 0 unspecified atom stereocenters. The predicted molar refractivity (Wildman–Crippen MR) is 28.1 cm³/mol. The number of hydrogen-bond donors (Lipinski definition) is 0. The summed E-state index contributed by atoms with van der Waals surface area (Å²) in [7, 11) is 0. The summed E-state index contributed by atoms with van der Waals surface area (Å²) in [5, 5.41) is 10.2. The Hall–Kier alpha value is -0.790. The van der Waals surface area contributed by atoms with Crippen LogP contribution in [0, 0.1) is 5.21 Å². The van der Waals surface area contributed by atoms with Crippen LogP contribution >= 0.6 is 0 Å². The Balaban J connectivity index is 2.73. The molecule has 0 amide bonds. The summed E-state index contributed by atoms with van der Waals surface area (Å²) in [5.41, 5.74) is 1.93. The van der Waals surface area contributed by atoms with Gasteiger partial charge in [0.05, 0.1) is 5.57 Å². The molecule has 0 aromatic rings. The summed E-state index contributed by atoms with van der Waals surface area (Å²) >= 11 is 0. The molecule has 1 aliphatic heterocycles. The summed E-state index contributed by atoms with van der Waals surface area (Å²) in [6.45, 7) is 3.73. The second-order valence-electron chi connectivity index (χ2n) is 1.72. The standard InChI is InChI=1S/C5H7NO/c1-4-3-6(7)5(4)2/h3H,1-2H3. The molecule has 1 rings (SSSR count). The van der Waals surface area contributed by atoms with Gasteiger partial charge in [0, 0.05) is 6.92 Å². The summed E-state index contributed by atoms with van der Waals surface area (Å²) < 4.78 is 0.870. The van der Waals surface area contributed by atoms with E-state index in [1.165, 1.54) is 0 Å². The molecule has 0 radical (unpaired) electrons. The lowest BCUT2D eigenvalue weighted by Gasteiger charge is -2.09. The molecule has 1 aliphatic rings. The van der Waals surface area contributed by atoms with Crippen molar-refractivity contribution in [1.29, 1.82) is 0 Å². The van der Waals surface area contributed by atoms with E-state index >= 15 is 0 Å². The summed E-state index contributed by atoms with van der Waals surface area (Å²) in [6, 6.07) is 0. The second-order valence-corrected chi connectivity index (χ2v) is 1.72. The fraction of sp³-hybridized carbons (Fsp3) is 0.400. The van der Waals surface area contributed by atoms with Crippen molar-refractivity contribution in [2.45, 2.75) is 13.8 Å². The molecule has 2 nitrogen and oxygen atoms in total. The number of allylic oxidation sites excluding steroid dienone is 1. The van der Waals surface area contributed by atoms with Gasteiger partial charge in [-0.2, -0.15) is 4.74 Å². The van der Waals surface area contributed by atoms with Gasteiger partial charge in [-0.25, -0.2) is 0 Å². The van der Waals surface area contributed by atoms with Gasteiger partial charge >= 0.3 is 0 Å². The van der Waals surface area contributed by atoms with Crippen LogP contribution in [0.25, 0.3) is 0 Å². The van der Waals surface area contributed by atoms with Crippen LogP contribution in [0.1, 0.15) is 13.8 Å². The van der Waals surface area contributed by atoms with E-state index < -0.39 is 0 Å². The fourth-order valence-corrected chi connectivity index (χ4v) is 0.474. The first-order valence-electron chi connectivity index (χ1n) is 2.20. The van der Waals surface area contributed by atoms with E-state index in [-0.39, 0.29) is 0 Å². The van der Waals surface area contributed by atoms with Crippen LogP contribution < -0.4 is 0 Å². The van der Waals surface area contributed by atoms with Crippen molar-refractivity contribution in [1.82, 2.24) is 0 Å². The highest BCUT2D eigenvalue weighted by molar-refractivity contribution is 5.96. The predicted octanol–water partition coefficient (Wildman–Crippen LogP) is 0.875. The van der Waals surface area contributed by atoms with E-state index in [1.54, 1.807) is 6.20 Å². The van der Waals surface area contributed by atoms with E-state index in [9.17, 15) is 5.21 Å². The lowest BCUT2D eigenvalue weighted by molar-refractivity contribution is -0.392. The zero-order chi connectivity index (χ0) is 5.44. The van der Waals surface area contributed by atoms with Crippen molar-refractivity contribution in [3.63, 3.8) is 0 Å². The second kappa shape index (κ2) is 1.09. The zero-order valence-corrected chi connectivity index (χ0v) is 4.43. The highest BCUT2D eigenvalue weighted by Gasteiger charge is 2.14. The molecular weight excluding hydrogens is 90.1 g/mol. The average Bonchev–Trinajstić information content (AvgIpc) is 1.68. The van der Waals surface area contributed by atoms with Gasteiger partial charge in [0.25, 0.3) is 0 Å². The Morgan fingerprint density at radius 2 is 2.14 bits per heavy atom. The summed E-state index contributed by atoms with van der Waals surface area (Å²) in [6.07, 6.45) is 1.56. The number of hydrogen-bond acceptors (Lipinski definition) is 1. The molecular formula is C5H7NO. The zero-order valence-electron chi connectivity index (χ0n) is 4.43. The first-order valence-corrected chi connectivity index (χ1v) is 2.20. The van der Waals surface area contributed by atoms with E-state index in [2.05, 4.69) is 0 Å². The smallest absolute Gasteiger partial charge is 0.198 e. The third kappa shape index (κ3) is 0.427. The molecule has 7 heavy (non-hydrogen) atoms. The van der Waals surface area contributed by atoms with E-state index in [4.69, 9.17) is 0 Å². The van der Waals surface area contributed by atoms with Crippen LogP contribution in [-0.4, -0.2) is 10.5 Å². The van der Waals surface area contributed by atoms with E-state index in [1.807, 2.05) is 13.8 Å². The number of rotatable bonds is 0. The minimum atomic E-state index is 0.833. The largest absolute Gasteiger partial charge is 0.618 e. The van der Waals surface area contributed by atoms with Gasteiger partial charge in [0.1, 0.15) is 0 Å². The molecule has 0 aromatic heterocycles. The molecule has 0 saturated heterocycles. The van der Waals surface area contributed by atoms with E-state index in [0.29, 0.717) is 0 Å². The third-order valence-corrected chi connectivity index (χ3v) is 1.21. The molecule has 2 heteroatoms. The fourth-order valence-electron chi connectivity index (χ4n) is 0.474. The Bertz CT molecular complexity index is 155. The van der Waals surface area contributed by atoms with Gasteiger partial charge in [-0.3, -0.25) is 0 Å². The SMILES string of the molecule is CC1=C[N+]([O-])=C1C. The monoisotopic (exact) mass is 97.1 g/mol. The van der Waals surface area contributed by atoms with Crippen LogP contribution in [-0.2, 0) is 0 Å². The quantitative estimate of drug-likeness (QED) is 0.325. The van der Waals surface area contributed by atoms with Gasteiger partial charge in [-0.05, 0) is 6.92 Å². The van der Waals surface area contributed by atoms with Crippen molar-refractivity contribution >= 4 is 5.71 Å². The van der Waals surface area contributed by atoms with E-state index in [0.717, 1.165) is 16.0 Å². The van der Waals surface area contributed by atoms with Gasteiger partial charge < -0.3 is 5.21 Å². The Morgan fingerprint density at radius 1 is 1.57 bits per heavy atom. The minimum absolute atomic E-state index is 0.833. The Morgan fingerprint density at radius 3 is 2.14 bits per heavy atom. The molecule has 0 aromatic carbocycles. The minimum Gasteiger partial charge on any atom is -0.618 e. The number of hydroxylamine groups is 1. The first-order chi connectivity index (χ1) is 3.22. The van der Waals surface area contributed by atoms with Crippen LogP contribution in [0.5, 0.6) is 0 Å². The highest BCUT2D eigenvalue weighted by atomic mass is 16.5. The van der Waals surface area contributed by atoms with Gasteiger partial charge in [0.15, 0.2) is 11.9 Å². The molecule has 0 bridgehead atoms. The molecule has 1 heterocycles. The molecule has 0 saturated carbocycles. The van der Waals surface area contributed by atoms with Gasteiger partial charge in [-0.15, -0.1) is 0 Å². The van der Waals surface area contributed by atoms with Crippen LogP contribution in [0.2, 0.25) is 0 Å². The van der Waals surface area contributed by atoms with Crippen molar-refractivity contribution in [3.8, 4) is 0 Å². The maximum absolute atomic E-state index is 10.2. The van der Waals surface area contributed by atoms with Crippen molar-refractivity contribution in [2.75, 3.05) is 0 Å². The van der Waals surface area contributed by atoms with Gasteiger partial charge in [-0.1, -0.05) is 0 Å². The Labute approximate surface area is 42.4 Å². The topological polar surface area (TPSA) is 26.1 Å². The molecule has 0 aliphatic carbocycles. The Kier molecular flexibility index (Phi) is 0.680. The molecule has 0 fully saturated rings. The molecule has 38 valence electrons. The normalized spacial score (nSPS) is 18.9. The average molecular weight is 97.1 g/mol. The lowest BCUT2D eigenvalue weighted by Crippen LogP contribution is -2.17. The third-order valence-electron chi connectivity index (χ3n) is 1.21. The maximum Gasteiger partial charge on any atom is 0.198 e. The van der Waals surface area contributed by atoms with Gasteiger partial charge in [0.2, 0.25) is 0 Å². The first kappa shape index (κ1) is 4.37. The molecule has 0 N–H and O–H groups in total. The summed E-state index contributed by atoms with van der Waals surface area (Å²) in [5.74, 6) is 0. The molecule has 0 atom stereocenters. The summed E-state index contributed by atoms with van der Waals surface area (Å²) in [4.78, 5) is 0. The van der Waals surface area contributed by atoms with Crippen LogP contribution in [0.3, 0.4) is 0 Å². The van der Waals surface area contributed by atoms with Crippen LogP contribution in [0.4, 0.5) is 0 Å². The van der Waals surface area contributed by atoms with Crippen molar-refractivity contribution in [2.24, 2.45) is 0 Å².